The molecule has 0 radical (unpaired) electrons. The van der Waals surface area contributed by atoms with E-state index >= 15 is 0 Å². The van der Waals surface area contributed by atoms with Gasteiger partial charge in [0, 0.05) is 42.3 Å². The lowest BCUT2D eigenvalue weighted by Gasteiger charge is -2.42. The highest BCUT2D eigenvalue weighted by Crippen LogP contribution is 2.34. The van der Waals surface area contributed by atoms with Gasteiger partial charge in [-0.2, -0.15) is 0 Å². The van der Waals surface area contributed by atoms with Crippen LogP contribution in [0.5, 0.6) is 0 Å². The Labute approximate surface area is 168 Å². The number of sulfonamides is 1. The maximum Gasteiger partial charge on any atom is 0.250 e. The van der Waals surface area contributed by atoms with Crippen molar-refractivity contribution in [3.8, 4) is 0 Å². The molecule has 2 aliphatic rings. The monoisotopic (exact) mass is 421 g/mol. The van der Waals surface area contributed by atoms with E-state index in [-0.39, 0.29) is 34.7 Å². The maximum absolute atomic E-state index is 12.6. The molecule has 28 heavy (non-hydrogen) atoms. The third-order valence-corrected chi connectivity index (χ3v) is 7.04. The maximum atomic E-state index is 12.6. The van der Waals surface area contributed by atoms with Crippen molar-refractivity contribution in [2.45, 2.75) is 23.8 Å². The van der Waals surface area contributed by atoms with E-state index in [2.05, 4.69) is 4.72 Å². The van der Waals surface area contributed by atoms with Gasteiger partial charge in [-0.15, -0.1) is 0 Å². The molecule has 2 bridgehead atoms. The lowest BCUT2D eigenvalue weighted by Crippen LogP contribution is -2.51. The Hall–Kier alpha value is -2.16. The first-order chi connectivity index (χ1) is 13.3. The molecule has 0 spiro atoms. The van der Waals surface area contributed by atoms with Gasteiger partial charge < -0.3 is 9.47 Å². The Kier molecular flexibility index (Phi) is 5.03. The number of piperidine rings is 1. The number of amides is 1. The standard InChI is InChI=1S/C19H20ClN3O4S/c20-15-4-6-16(7-5-15)28(26,27)21-9-19(25)22-10-13-8-14(12-22)17-2-1-3-18(24)23(17)11-13/h1-7,13-14,21H,8-12H2/t13-,14-/m0/s1. The number of hydrogen-bond acceptors (Lipinski definition) is 4. The topological polar surface area (TPSA) is 88.5 Å². The lowest BCUT2D eigenvalue weighted by atomic mass is 9.83. The van der Waals surface area contributed by atoms with Crippen LogP contribution in [0.25, 0.3) is 0 Å². The SMILES string of the molecule is O=C(CNS(=O)(=O)c1ccc(Cl)cc1)N1C[C@@H]2C[C@@H](C1)c1cccc(=O)n1C2. The van der Waals surface area contributed by atoms with Crippen LogP contribution in [-0.2, 0) is 21.4 Å². The number of carbonyl (C=O) groups is 1. The van der Waals surface area contributed by atoms with Crippen molar-refractivity contribution in [3.63, 3.8) is 0 Å². The number of likely N-dealkylation sites (tertiary alicyclic amines) is 1. The van der Waals surface area contributed by atoms with Crippen molar-refractivity contribution in [1.82, 2.24) is 14.2 Å². The average Bonchev–Trinajstić information content (AvgIpc) is 2.67. The molecule has 1 aromatic carbocycles. The highest BCUT2D eigenvalue weighted by atomic mass is 35.5. The molecular formula is C19H20ClN3O4S. The zero-order valence-corrected chi connectivity index (χ0v) is 16.6. The summed E-state index contributed by atoms with van der Waals surface area (Å²) in [6, 6.07) is 11.0. The third kappa shape index (κ3) is 3.72. The van der Waals surface area contributed by atoms with Crippen LogP contribution in [0.3, 0.4) is 0 Å². The predicted molar refractivity (Wildman–Crippen MR) is 105 cm³/mol. The second-order valence-corrected chi connectivity index (χ2v) is 9.48. The van der Waals surface area contributed by atoms with E-state index in [1.165, 1.54) is 24.3 Å². The summed E-state index contributed by atoms with van der Waals surface area (Å²) in [6.07, 6.45) is 0.934. The molecule has 9 heteroatoms. The fraction of sp³-hybridized carbons (Fsp3) is 0.368. The zero-order chi connectivity index (χ0) is 19.9. The molecular weight excluding hydrogens is 402 g/mol. The molecule has 2 atom stereocenters. The highest BCUT2D eigenvalue weighted by molar-refractivity contribution is 7.89. The van der Waals surface area contributed by atoms with Crippen molar-refractivity contribution >= 4 is 27.5 Å². The Balaban J connectivity index is 1.44. The summed E-state index contributed by atoms with van der Waals surface area (Å²) in [5.41, 5.74) is 0.936. The van der Waals surface area contributed by atoms with Crippen LogP contribution in [-0.4, -0.2) is 43.4 Å². The van der Waals surface area contributed by atoms with Gasteiger partial charge in [-0.3, -0.25) is 9.59 Å². The quantitative estimate of drug-likeness (QED) is 0.808. The van der Waals surface area contributed by atoms with Gasteiger partial charge in [-0.25, -0.2) is 13.1 Å². The van der Waals surface area contributed by atoms with Gasteiger partial charge in [0.25, 0.3) is 5.56 Å². The van der Waals surface area contributed by atoms with Crippen LogP contribution >= 0.6 is 11.6 Å². The van der Waals surface area contributed by atoms with Crippen LogP contribution in [0.2, 0.25) is 5.02 Å². The van der Waals surface area contributed by atoms with E-state index in [0.717, 1.165) is 12.1 Å². The smallest absolute Gasteiger partial charge is 0.250 e. The Bertz CT molecular complexity index is 1070. The zero-order valence-electron chi connectivity index (χ0n) is 15.0. The number of pyridine rings is 1. The molecule has 2 aromatic rings. The van der Waals surface area contributed by atoms with Gasteiger partial charge >= 0.3 is 0 Å². The van der Waals surface area contributed by atoms with Crippen LogP contribution in [0.1, 0.15) is 18.0 Å². The second-order valence-electron chi connectivity index (χ2n) is 7.28. The van der Waals surface area contributed by atoms with Crippen molar-refractivity contribution in [1.29, 1.82) is 0 Å². The van der Waals surface area contributed by atoms with Crippen molar-refractivity contribution in [2.24, 2.45) is 5.92 Å². The molecule has 1 fully saturated rings. The molecule has 2 aliphatic heterocycles. The largest absolute Gasteiger partial charge is 0.341 e. The Morgan fingerprint density at radius 1 is 1.11 bits per heavy atom. The molecule has 0 aliphatic carbocycles. The summed E-state index contributed by atoms with van der Waals surface area (Å²) in [7, 11) is -3.79. The van der Waals surface area contributed by atoms with E-state index in [1.54, 1.807) is 21.6 Å². The van der Waals surface area contributed by atoms with E-state index in [9.17, 15) is 18.0 Å². The van der Waals surface area contributed by atoms with Gasteiger partial charge in [-0.1, -0.05) is 17.7 Å². The first-order valence-corrected chi connectivity index (χ1v) is 10.9. The first kappa shape index (κ1) is 19.2. The van der Waals surface area contributed by atoms with E-state index in [1.807, 2.05) is 6.07 Å². The predicted octanol–water partition coefficient (Wildman–Crippen LogP) is 1.43. The Morgan fingerprint density at radius 3 is 2.61 bits per heavy atom. The van der Waals surface area contributed by atoms with Gasteiger partial charge in [0.2, 0.25) is 15.9 Å². The minimum atomic E-state index is -3.79. The molecule has 0 saturated carbocycles. The van der Waals surface area contributed by atoms with Crippen LogP contribution in [0.4, 0.5) is 0 Å². The molecule has 1 amide bonds. The van der Waals surface area contributed by atoms with E-state index in [0.29, 0.717) is 24.7 Å². The number of halogens is 1. The number of fused-ring (bicyclic) bond motifs is 4. The number of carbonyl (C=O) groups excluding carboxylic acids is 1. The highest BCUT2D eigenvalue weighted by Gasteiger charge is 2.36. The van der Waals surface area contributed by atoms with Gasteiger partial charge in [-0.05, 0) is 42.7 Å². The van der Waals surface area contributed by atoms with Crippen LogP contribution < -0.4 is 10.3 Å². The molecule has 7 nitrogen and oxygen atoms in total. The summed E-state index contributed by atoms with van der Waals surface area (Å²) in [4.78, 5) is 26.5. The summed E-state index contributed by atoms with van der Waals surface area (Å²) < 4.78 is 28.9. The Morgan fingerprint density at radius 2 is 1.86 bits per heavy atom. The third-order valence-electron chi connectivity index (χ3n) is 5.37. The normalized spacial score (nSPS) is 21.2. The second kappa shape index (κ2) is 7.35. The van der Waals surface area contributed by atoms with Gasteiger partial charge in [0.05, 0.1) is 11.4 Å². The molecule has 1 N–H and O–H groups in total. The molecule has 0 unspecified atom stereocenters. The van der Waals surface area contributed by atoms with E-state index in [4.69, 9.17) is 11.6 Å². The fourth-order valence-electron chi connectivity index (χ4n) is 4.07. The molecule has 1 aromatic heterocycles. The fourth-order valence-corrected chi connectivity index (χ4v) is 5.17. The van der Waals surface area contributed by atoms with Crippen molar-refractivity contribution in [2.75, 3.05) is 19.6 Å². The van der Waals surface area contributed by atoms with Crippen molar-refractivity contribution in [3.05, 3.63) is 63.5 Å². The summed E-state index contributed by atoms with van der Waals surface area (Å²) >= 11 is 5.79. The van der Waals surface area contributed by atoms with E-state index < -0.39 is 10.0 Å². The number of hydrogen-bond donors (Lipinski definition) is 1. The molecule has 4 rings (SSSR count). The van der Waals surface area contributed by atoms with Crippen molar-refractivity contribution < 1.29 is 13.2 Å². The molecule has 1 saturated heterocycles. The summed E-state index contributed by atoms with van der Waals surface area (Å²) in [5, 5.41) is 0.439. The number of benzene rings is 1. The molecule has 148 valence electrons. The van der Waals surface area contributed by atoms with Crippen LogP contribution in [0.15, 0.2) is 52.2 Å². The summed E-state index contributed by atoms with van der Waals surface area (Å²) in [6.45, 7) is 1.30. The lowest BCUT2D eigenvalue weighted by molar-refractivity contribution is -0.132. The first-order valence-electron chi connectivity index (χ1n) is 9.06. The van der Waals surface area contributed by atoms with Gasteiger partial charge in [0.1, 0.15) is 0 Å². The molecule has 3 heterocycles. The number of nitrogens with one attached hydrogen (secondary N) is 1. The van der Waals surface area contributed by atoms with Gasteiger partial charge in [0.15, 0.2) is 0 Å². The number of rotatable bonds is 4. The minimum Gasteiger partial charge on any atom is -0.341 e. The minimum absolute atomic E-state index is 0.0114. The number of aromatic nitrogens is 1. The number of nitrogens with zero attached hydrogens (tertiary/aromatic N) is 2. The summed E-state index contributed by atoms with van der Waals surface area (Å²) in [5.74, 6) is 0.0281. The van der Waals surface area contributed by atoms with Crippen LogP contribution in [0, 0.1) is 5.92 Å². The average molecular weight is 422 g/mol.